The first-order valence-corrected chi connectivity index (χ1v) is 4.60. The van der Waals surface area contributed by atoms with E-state index >= 15 is 0 Å². The summed E-state index contributed by atoms with van der Waals surface area (Å²) in [6.07, 6.45) is 0. The lowest BCUT2D eigenvalue weighted by atomic mass is 10.3. The first-order chi connectivity index (χ1) is 6.39. The van der Waals surface area contributed by atoms with Crippen LogP contribution in [0.3, 0.4) is 0 Å². The number of hydrogen-bond donors (Lipinski definition) is 1. The SMILES string of the molecule is CC(Cl)(Cl)C(=O)Nc1ccc(F)cc1. The summed E-state index contributed by atoms with van der Waals surface area (Å²) in [7, 11) is 0. The molecule has 0 fully saturated rings. The number of hydrogen-bond acceptors (Lipinski definition) is 1. The van der Waals surface area contributed by atoms with Crippen LogP contribution in [0.5, 0.6) is 0 Å². The van der Waals surface area contributed by atoms with Crippen molar-refractivity contribution in [2.75, 3.05) is 5.32 Å². The molecule has 1 aromatic carbocycles. The Hall–Kier alpha value is -0.800. The monoisotopic (exact) mass is 235 g/mol. The molecule has 0 bridgehead atoms. The highest BCUT2D eigenvalue weighted by molar-refractivity contribution is 6.58. The minimum Gasteiger partial charge on any atom is -0.323 e. The summed E-state index contributed by atoms with van der Waals surface area (Å²) in [4.78, 5) is 11.3. The van der Waals surface area contributed by atoms with Gasteiger partial charge in [0.1, 0.15) is 5.82 Å². The predicted molar refractivity (Wildman–Crippen MR) is 55.1 cm³/mol. The van der Waals surface area contributed by atoms with Gasteiger partial charge < -0.3 is 5.32 Å². The second-order valence-electron chi connectivity index (χ2n) is 2.85. The molecule has 5 heteroatoms. The molecule has 76 valence electrons. The smallest absolute Gasteiger partial charge is 0.260 e. The van der Waals surface area contributed by atoms with Crippen molar-refractivity contribution in [1.29, 1.82) is 0 Å². The van der Waals surface area contributed by atoms with E-state index in [4.69, 9.17) is 23.2 Å². The van der Waals surface area contributed by atoms with Gasteiger partial charge in [0.15, 0.2) is 4.33 Å². The van der Waals surface area contributed by atoms with Crippen LogP contribution in [0.1, 0.15) is 6.92 Å². The normalized spacial score (nSPS) is 11.1. The second kappa shape index (κ2) is 4.15. The number of nitrogens with one attached hydrogen (secondary N) is 1. The van der Waals surface area contributed by atoms with Gasteiger partial charge in [0.2, 0.25) is 0 Å². The summed E-state index contributed by atoms with van der Waals surface area (Å²) >= 11 is 11.1. The van der Waals surface area contributed by atoms with Gasteiger partial charge in [0, 0.05) is 5.69 Å². The van der Waals surface area contributed by atoms with Gasteiger partial charge in [-0.15, -0.1) is 0 Å². The minimum absolute atomic E-state index is 0.373. The average molecular weight is 236 g/mol. The summed E-state index contributed by atoms with van der Waals surface area (Å²) < 4.78 is 11.0. The van der Waals surface area contributed by atoms with Crippen LogP contribution in [0.4, 0.5) is 10.1 Å². The highest BCUT2D eigenvalue weighted by Crippen LogP contribution is 2.21. The lowest BCUT2D eigenvalue weighted by molar-refractivity contribution is -0.116. The van der Waals surface area contributed by atoms with Gasteiger partial charge in [-0.1, -0.05) is 23.2 Å². The van der Waals surface area contributed by atoms with Gasteiger partial charge in [-0.3, -0.25) is 4.79 Å². The largest absolute Gasteiger partial charge is 0.323 e. The third-order valence-corrected chi connectivity index (χ3v) is 1.84. The topological polar surface area (TPSA) is 29.1 Å². The Balaban J connectivity index is 2.71. The summed E-state index contributed by atoms with van der Waals surface area (Å²) in [6, 6.07) is 5.31. The molecule has 0 aromatic heterocycles. The molecule has 2 nitrogen and oxygen atoms in total. The number of alkyl halides is 2. The fourth-order valence-electron chi connectivity index (χ4n) is 0.774. The molecule has 0 spiro atoms. The maximum absolute atomic E-state index is 12.5. The molecule has 1 N–H and O–H groups in total. The zero-order valence-electron chi connectivity index (χ0n) is 7.35. The average Bonchev–Trinajstić information content (AvgIpc) is 2.07. The molecule has 0 aliphatic carbocycles. The molecule has 0 radical (unpaired) electrons. The summed E-state index contributed by atoms with van der Waals surface area (Å²) in [5.74, 6) is -0.921. The molecule has 0 saturated heterocycles. The molecule has 0 unspecified atom stereocenters. The third kappa shape index (κ3) is 3.16. The Bertz CT molecular complexity index is 332. The molecular weight excluding hydrogens is 228 g/mol. The Labute approximate surface area is 91.0 Å². The molecule has 0 atom stereocenters. The maximum Gasteiger partial charge on any atom is 0.260 e. The van der Waals surface area contributed by atoms with Crippen LogP contribution in [0, 0.1) is 5.82 Å². The van der Waals surface area contributed by atoms with Crippen LogP contribution in [0.25, 0.3) is 0 Å². The number of benzene rings is 1. The van der Waals surface area contributed by atoms with E-state index in [-0.39, 0.29) is 5.82 Å². The van der Waals surface area contributed by atoms with Gasteiger partial charge >= 0.3 is 0 Å². The molecule has 1 aromatic rings. The molecule has 1 amide bonds. The highest BCUT2D eigenvalue weighted by Gasteiger charge is 2.27. The van der Waals surface area contributed by atoms with Crippen molar-refractivity contribution < 1.29 is 9.18 Å². The third-order valence-electron chi connectivity index (χ3n) is 1.50. The van der Waals surface area contributed by atoms with E-state index in [1.165, 1.54) is 31.2 Å². The van der Waals surface area contributed by atoms with Gasteiger partial charge in [0.05, 0.1) is 0 Å². The highest BCUT2D eigenvalue weighted by atomic mass is 35.5. The van der Waals surface area contributed by atoms with Crippen molar-refractivity contribution in [3.05, 3.63) is 30.1 Å². The first-order valence-electron chi connectivity index (χ1n) is 3.84. The number of halogens is 3. The standard InChI is InChI=1S/C9H8Cl2FNO/c1-9(10,11)8(14)13-7-4-2-6(12)3-5-7/h2-5H,1H3,(H,13,14). The van der Waals surface area contributed by atoms with Crippen LogP contribution >= 0.6 is 23.2 Å². The van der Waals surface area contributed by atoms with E-state index in [1.807, 2.05) is 0 Å². The predicted octanol–water partition coefficient (Wildman–Crippen LogP) is 2.96. The number of amides is 1. The van der Waals surface area contributed by atoms with Crippen LogP contribution in [-0.2, 0) is 4.79 Å². The number of rotatable bonds is 2. The summed E-state index contributed by atoms with van der Waals surface area (Å²) in [5, 5.41) is 2.44. The van der Waals surface area contributed by atoms with E-state index in [0.717, 1.165) is 0 Å². The molecule has 1 rings (SSSR count). The molecular formula is C9H8Cl2FNO. The van der Waals surface area contributed by atoms with Crippen molar-refractivity contribution in [2.24, 2.45) is 0 Å². The van der Waals surface area contributed by atoms with Crippen LogP contribution < -0.4 is 5.32 Å². The van der Waals surface area contributed by atoms with E-state index < -0.39 is 10.2 Å². The van der Waals surface area contributed by atoms with Gasteiger partial charge in [-0.25, -0.2) is 4.39 Å². The van der Waals surface area contributed by atoms with Crippen LogP contribution in [-0.4, -0.2) is 10.2 Å². The van der Waals surface area contributed by atoms with Crippen molar-refractivity contribution in [1.82, 2.24) is 0 Å². The van der Waals surface area contributed by atoms with Crippen molar-refractivity contribution in [3.8, 4) is 0 Å². The molecule has 0 aliphatic rings. The molecule has 0 aliphatic heterocycles. The Morgan fingerprint density at radius 3 is 2.29 bits per heavy atom. The van der Waals surface area contributed by atoms with Gasteiger partial charge in [0.25, 0.3) is 5.91 Å². The van der Waals surface area contributed by atoms with E-state index in [2.05, 4.69) is 5.32 Å². The summed E-state index contributed by atoms with van der Waals surface area (Å²) in [5.41, 5.74) is 0.448. The Morgan fingerprint density at radius 2 is 1.86 bits per heavy atom. The van der Waals surface area contributed by atoms with Crippen molar-refractivity contribution in [3.63, 3.8) is 0 Å². The Morgan fingerprint density at radius 1 is 1.36 bits per heavy atom. The van der Waals surface area contributed by atoms with Crippen molar-refractivity contribution in [2.45, 2.75) is 11.3 Å². The van der Waals surface area contributed by atoms with Gasteiger partial charge in [-0.2, -0.15) is 0 Å². The fourth-order valence-corrected chi connectivity index (χ4v) is 0.869. The molecule has 14 heavy (non-hydrogen) atoms. The maximum atomic E-state index is 12.5. The van der Waals surface area contributed by atoms with E-state index in [0.29, 0.717) is 5.69 Å². The first kappa shape index (κ1) is 11.3. The number of carbonyl (C=O) groups is 1. The van der Waals surface area contributed by atoms with E-state index in [1.54, 1.807) is 0 Å². The lowest BCUT2D eigenvalue weighted by Crippen LogP contribution is -2.29. The zero-order chi connectivity index (χ0) is 10.8. The van der Waals surface area contributed by atoms with E-state index in [9.17, 15) is 9.18 Å². The Kier molecular flexibility index (Phi) is 3.34. The second-order valence-corrected chi connectivity index (χ2v) is 4.55. The zero-order valence-corrected chi connectivity index (χ0v) is 8.86. The number of carbonyl (C=O) groups excluding carboxylic acids is 1. The van der Waals surface area contributed by atoms with Crippen LogP contribution in [0.2, 0.25) is 0 Å². The summed E-state index contributed by atoms with van der Waals surface area (Å²) in [6.45, 7) is 1.36. The van der Waals surface area contributed by atoms with Gasteiger partial charge in [-0.05, 0) is 31.2 Å². The fraction of sp³-hybridized carbons (Fsp3) is 0.222. The quantitative estimate of drug-likeness (QED) is 0.785. The lowest BCUT2D eigenvalue weighted by Gasteiger charge is -2.12. The van der Waals surface area contributed by atoms with Crippen LogP contribution in [0.15, 0.2) is 24.3 Å². The van der Waals surface area contributed by atoms with Crippen molar-refractivity contribution >= 4 is 34.8 Å². The molecule has 0 heterocycles. The molecule has 0 saturated carbocycles. The minimum atomic E-state index is -1.49. The number of anilines is 1.